The van der Waals surface area contributed by atoms with E-state index in [1.807, 2.05) is 36.4 Å². The van der Waals surface area contributed by atoms with Crippen LogP contribution < -0.4 is 10.1 Å². The number of hydrogen-bond donors (Lipinski definition) is 2. The molecule has 0 unspecified atom stereocenters. The van der Waals surface area contributed by atoms with E-state index in [-0.39, 0.29) is 0 Å². The third-order valence-electron chi connectivity index (χ3n) is 2.75. The Morgan fingerprint density at radius 1 is 1.33 bits per heavy atom. The highest BCUT2D eigenvalue weighted by Gasteiger charge is 2.03. The van der Waals surface area contributed by atoms with Gasteiger partial charge < -0.3 is 10.1 Å². The number of aromatic nitrogens is 2. The van der Waals surface area contributed by atoms with Crippen molar-refractivity contribution in [2.75, 3.05) is 12.4 Å². The lowest BCUT2D eigenvalue weighted by molar-refractivity contribution is 0.417. The SMILES string of the molecule is COc1ccc[c]c1Nc1ccc2cn[nH]c2c1. The molecular formula is C14H12N3O. The number of para-hydroxylation sites is 1. The third kappa shape index (κ3) is 1.88. The zero-order valence-electron chi connectivity index (χ0n) is 9.90. The van der Waals surface area contributed by atoms with Crippen LogP contribution in [0.4, 0.5) is 11.4 Å². The molecule has 0 spiro atoms. The summed E-state index contributed by atoms with van der Waals surface area (Å²) in [7, 11) is 1.65. The standard InChI is InChI=1S/C14H12N3O/c1-18-14-5-3-2-4-12(14)16-11-7-6-10-9-15-17-13(10)8-11/h2-3,5-9,16H,1H3,(H,15,17). The van der Waals surface area contributed by atoms with Crippen molar-refractivity contribution >= 4 is 22.3 Å². The largest absolute Gasteiger partial charge is 0.495 e. The Morgan fingerprint density at radius 3 is 3.17 bits per heavy atom. The summed E-state index contributed by atoms with van der Waals surface area (Å²) in [4.78, 5) is 0. The zero-order chi connectivity index (χ0) is 12.4. The van der Waals surface area contributed by atoms with Crippen molar-refractivity contribution in [1.82, 2.24) is 10.2 Å². The van der Waals surface area contributed by atoms with Gasteiger partial charge in [-0.25, -0.2) is 0 Å². The molecule has 0 bridgehead atoms. The van der Waals surface area contributed by atoms with Crippen molar-refractivity contribution in [3.05, 3.63) is 48.7 Å². The van der Waals surface area contributed by atoms with Gasteiger partial charge in [-0.2, -0.15) is 5.10 Å². The summed E-state index contributed by atoms with van der Waals surface area (Å²) in [5.74, 6) is 0.766. The van der Waals surface area contributed by atoms with Gasteiger partial charge in [0.2, 0.25) is 0 Å². The molecule has 18 heavy (non-hydrogen) atoms. The lowest BCUT2D eigenvalue weighted by atomic mass is 10.2. The van der Waals surface area contributed by atoms with Crippen LogP contribution in [0.5, 0.6) is 5.75 Å². The minimum absolute atomic E-state index is 0.766. The lowest BCUT2D eigenvalue weighted by Gasteiger charge is -2.10. The summed E-state index contributed by atoms with van der Waals surface area (Å²) in [6.07, 6.45) is 1.80. The fourth-order valence-corrected chi connectivity index (χ4v) is 1.85. The highest BCUT2D eigenvalue weighted by molar-refractivity contribution is 5.83. The van der Waals surface area contributed by atoms with Crippen LogP contribution >= 0.6 is 0 Å². The van der Waals surface area contributed by atoms with Crippen LogP contribution in [-0.2, 0) is 0 Å². The first-order valence-corrected chi connectivity index (χ1v) is 5.61. The van der Waals surface area contributed by atoms with Gasteiger partial charge in [-0.3, -0.25) is 5.10 Å². The Morgan fingerprint density at radius 2 is 2.28 bits per heavy atom. The van der Waals surface area contributed by atoms with Crippen LogP contribution in [0.15, 0.2) is 42.6 Å². The Bertz CT molecular complexity index is 675. The first kappa shape index (κ1) is 10.7. The van der Waals surface area contributed by atoms with Gasteiger partial charge in [0.15, 0.2) is 0 Å². The molecule has 2 N–H and O–H groups in total. The average molecular weight is 238 g/mol. The van der Waals surface area contributed by atoms with Crippen molar-refractivity contribution in [2.45, 2.75) is 0 Å². The fourth-order valence-electron chi connectivity index (χ4n) is 1.85. The number of nitrogens with zero attached hydrogens (tertiary/aromatic N) is 1. The molecule has 1 radical (unpaired) electrons. The minimum atomic E-state index is 0.766. The van der Waals surface area contributed by atoms with Gasteiger partial charge in [0.25, 0.3) is 0 Å². The highest BCUT2D eigenvalue weighted by Crippen LogP contribution is 2.27. The van der Waals surface area contributed by atoms with E-state index >= 15 is 0 Å². The second kappa shape index (κ2) is 4.41. The normalized spacial score (nSPS) is 10.5. The number of benzene rings is 2. The summed E-state index contributed by atoms with van der Waals surface area (Å²) in [6.45, 7) is 0. The molecule has 0 amide bonds. The van der Waals surface area contributed by atoms with Crippen molar-refractivity contribution < 1.29 is 4.74 Å². The summed E-state index contributed by atoms with van der Waals surface area (Å²) in [5, 5.41) is 11.3. The zero-order valence-corrected chi connectivity index (χ0v) is 9.90. The molecular weight excluding hydrogens is 226 g/mol. The molecule has 1 aromatic heterocycles. The number of fused-ring (bicyclic) bond motifs is 1. The Balaban J connectivity index is 1.95. The number of H-pyrrole nitrogens is 1. The molecule has 89 valence electrons. The molecule has 3 aromatic rings. The van der Waals surface area contributed by atoms with E-state index in [4.69, 9.17) is 4.74 Å². The van der Waals surface area contributed by atoms with Crippen LogP contribution in [0.25, 0.3) is 10.9 Å². The quantitative estimate of drug-likeness (QED) is 0.737. The number of nitrogens with one attached hydrogen (secondary N) is 2. The molecule has 0 aliphatic heterocycles. The highest BCUT2D eigenvalue weighted by atomic mass is 16.5. The molecule has 0 atom stereocenters. The summed E-state index contributed by atoms with van der Waals surface area (Å²) >= 11 is 0. The maximum atomic E-state index is 5.28. The van der Waals surface area contributed by atoms with Gasteiger partial charge in [-0.05, 0) is 24.3 Å². The number of ether oxygens (including phenoxy) is 1. The van der Waals surface area contributed by atoms with Crippen LogP contribution in [0.1, 0.15) is 0 Å². The maximum Gasteiger partial charge on any atom is 0.142 e. The topological polar surface area (TPSA) is 49.9 Å². The lowest BCUT2D eigenvalue weighted by Crippen LogP contribution is -1.94. The van der Waals surface area contributed by atoms with E-state index in [2.05, 4.69) is 21.6 Å². The van der Waals surface area contributed by atoms with Gasteiger partial charge in [-0.15, -0.1) is 0 Å². The van der Waals surface area contributed by atoms with Crippen molar-refractivity contribution in [3.63, 3.8) is 0 Å². The molecule has 0 aliphatic rings. The van der Waals surface area contributed by atoms with Gasteiger partial charge >= 0.3 is 0 Å². The predicted octanol–water partition coefficient (Wildman–Crippen LogP) is 3.12. The van der Waals surface area contributed by atoms with E-state index in [0.717, 1.165) is 28.0 Å². The van der Waals surface area contributed by atoms with Crippen molar-refractivity contribution in [1.29, 1.82) is 0 Å². The Kier molecular flexibility index (Phi) is 2.61. The summed E-state index contributed by atoms with van der Waals surface area (Å²) < 4.78 is 5.28. The van der Waals surface area contributed by atoms with E-state index in [9.17, 15) is 0 Å². The van der Waals surface area contributed by atoms with E-state index in [0.29, 0.717) is 0 Å². The third-order valence-corrected chi connectivity index (χ3v) is 2.75. The fraction of sp³-hybridized carbons (Fsp3) is 0.0714. The molecule has 4 nitrogen and oxygen atoms in total. The van der Waals surface area contributed by atoms with Crippen LogP contribution in [-0.4, -0.2) is 17.3 Å². The maximum absolute atomic E-state index is 5.28. The van der Waals surface area contributed by atoms with Crippen molar-refractivity contribution in [3.8, 4) is 5.75 Å². The van der Waals surface area contributed by atoms with Crippen molar-refractivity contribution in [2.24, 2.45) is 0 Å². The molecule has 0 fully saturated rings. The molecule has 3 rings (SSSR count). The number of anilines is 2. The van der Waals surface area contributed by atoms with Crippen LogP contribution in [0.2, 0.25) is 0 Å². The Labute approximate surface area is 105 Å². The van der Waals surface area contributed by atoms with E-state index in [1.54, 1.807) is 13.3 Å². The van der Waals surface area contributed by atoms with Crippen LogP contribution in [0.3, 0.4) is 0 Å². The smallest absolute Gasteiger partial charge is 0.142 e. The summed E-state index contributed by atoms with van der Waals surface area (Å²) in [5.41, 5.74) is 2.78. The van der Waals surface area contributed by atoms with Gasteiger partial charge in [-0.1, -0.05) is 12.1 Å². The number of rotatable bonds is 3. The first-order valence-electron chi connectivity index (χ1n) is 5.61. The Hall–Kier alpha value is -2.49. The second-order valence-electron chi connectivity index (χ2n) is 3.91. The van der Waals surface area contributed by atoms with Crippen LogP contribution in [0, 0.1) is 6.07 Å². The number of methoxy groups -OCH3 is 1. The molecule has 0 saturated carbocycles. The number of hydrogen-bond acceptors (Lipinski definition) is 3. The molecule has 0 saturated heterocycles. The second-order valence-corrected chi connectivity index (χ2v) is 3.91. The van der Waals surface area contributed by atoms with E-state index < -0.39 is 0 Å². The van der Waals surface area contributed by atoms with Gasteiger partial charge in [0, 0.05) is 17.1 Å². The van der Waals surface area contributed by atoms with E-state index in [1.165, 1.54) is 0 Å². The number of aromatic amines is 1. The molecule has 1 heterocycles. The summed E-state index contributed by atoms with van der Waals surface area (Å²) in [6, 6.07) is 14.8. The monoisotopic (exact) mass is 238 g/mol. The first-order chi connectivity index (χ1) is 8.86. The minimum Gasteiger partial charge on any atom is -0.495 e. The molecule has 4 heteroatoms. The molecule has 2 aromatic carbocycles. The molecule has 0 aliphatic carbocycles. The van der Waals surface area contributed by atoms with Gasteiger partial charge in [0.05, 0.1) is 24.5 Å². The average Bonchev–Trinajstić information content (AvgIpc) is 2.87. The van der Waals surface area contributed by atoms with Gasteiger partial charge in [0.1, 0.15) is 5.75 Å². The predicted molar refractivity (Wildman–Crippen MR) is 71.2 cm³/mol.